The van der Waals surface area contributed by atoms with Crippen molar-refractivity contribution in [2.24, 2.45) is 0 Å². The van der Waals surface area contributed by atoms with E-state index in [-0.39, 0.29) is 22.9 Å². The minimum Gasteiger partial charge on any atom is -0.507 e. The van der Waals surface area contributed by atoms with E-state index in [2.05, 4.69) is 4.98 Å². The summed E-state index contributed by atoms with van der Waals surface area (Å²) in [5, 5.41) is 10.8. The fourth-order valence-electron chi connectivity index (χ4n) is 4.08. The molecule has 27 heavy (non-hydrogen) atoms. The van der Waals surface area contributed by atoms with Crippen LogP contribution in [0, 0.1) is 5.82 Å². The van der Waals surface area contributed by atoms with Crippen LogP contribution in [0.5, 0.6) is 0 Å². The van der Waals surface area contributed by atoms with Gasteiger partial charge in [-0.15, -0.1) is 0 Å². The van der Waals surface area contributed by atoms with Crippen LogP contribution in [-0.4, -0.2) is 32.7 Å². The Hall–Kier alpha value is -3.02. The molecule has 1 amide bonds. The maximum atomic E-state index is 14.6. The van der Waals surface area contributed by atoms with Crippen molar-refractivity contribution in [1.82, 2.24) is 9.88 Å². The molecule has 1 saturated carbocycles. The predicted molar refractivity (Wildman–Crippen MR) is 97.0 cm³/mol. The Bertz CT molecular complexity index is 920. The second-order valence-corrected chi connectivity index (χ2v) is 6.90. The van der Waals surface area contributed by atoms with Crippen molar-refractivity contribution in [3.63, 3.8) is 0 Å². The molecule has 1 aliphatic carbocycles. The maximum Gasteiger partial charge on any atom is 0.295 e. The summed E-state index contributed by atoms with van der Waals surface area (Å²) in [6, 6.07) is 8.14. The van der Waals surface area contributed by atoms with Crippen molar-refractivity contribution in [2.75, 3.05) is 0 Å². The zero-order chi connectivity index (χ0) is 19.0. The number of aromatic nitrogens is 1. The van der Waals surface area contributed by atoms with Crippen LogP contribution in [0.25, 0.3) is 5.76 Å². The Labute approximate surface area is 156 Å². The zero-order valence-corrected chi connectivity index (χ0v) is 14.6. The molecule has 4 rings (SSSR count). The van der Waals surface area contributed by atoms with Gasteiger partial charge in [0.05, 0.1) is 11.6 Å². The van der Waals surface area contributed by atoms with Crippen LogP contribution in [0.1, 0.15) is 42.9 Å². The molecule has 0 radical (unpaired) electrons. The lowest BCUT2D eigenvalue weighted by Gasteiger charge is -2.30. The number of benzene rings is 1. The van der Waals surface area contributed by atoms with E-state index in [1.807, 2.05) is 0 Å². The van der Waals surface area contributed by atoms with Crippen molar-refractivity contribution >= 4 is 17.4 Å². The number of aliphatic hydroxyl groups is 1. The zero-order valence-electron chi connectivity index (χ0n) is 14.6. The summed E-state index contributed by atoms with van der Waals surface area (Å²) in [6.07, 6.45) is 6.44. The molecule has 0 spiro atoms. The molecular weight excluding hydrogens is 347 g/mol. The van der Waals surface area contributed by atoms with E-state index in [0.29, 0.717) is 5.56 Å². The number of pyridine rings is 1. The molecular formula is C21H19FN2O3. The number of rotatable bonds is 3. The molecule has 1 aromatic heterocycles. The number of amides is 1. The highest BCUT2D eigenvalue weighted by Gasteiger charge is 2.49. The lowest BCUT2D eigenvalue weighted by molar-refractivity contribution is -0.141. The first-order valence-electron chi connectivity index (χ1n) is 9.04. The number of Topliss-reactive ketones (excluding diaryl/α,β-unsaturated/α-hetero) is 1. The lowest BCUT2D eigenvalue weighted by Crippen LogP contribution is -2.38. The first-order valence-corrected chi connectivity index (χ1v) is 9.04. The van der Waals surface area contributed by atoms with Gasteiger partial charge >= 0.3 is 0 Å². The highest BCUT2D eigenvalue weighted by Crippen LogP contribution is 2.43. The van der Waals surface area contributed by atoms with Crippen molar-refractivity contribution in [1.29, 1.82) is 0 Å². The summed E-state index contributed by atoms with van der Waals surface area (Å²) in [5.41, 5.74) is 0.526. The van der Waals surface area contributed by atoms with Gasteiger partial charge < -0.3 is 10.0 Å². The summed E-state index contributed by atoms with van der Waals surface area (Å²) >= 11 is 0. The molecule has 1 aliphatic heterocycles. The van der Waals surface area contributed by atoms with Gasteiger partial charge in [0.15, 0.2) is 0 Å². The summed E-state index contributed by atoms with van der Waals surface area (Å²) in [5.74, 6) is -2.26. The van der Waals surface area contributed by atoms with Gasteiger partial charge in [-0.3, -0.25) is 14.6 Å². The van der Waals surface area contributed by atoms with Crippen LogP contribution in [0.3, 0.4) is 0 Å². The topological polar surface area (TPSA) is 70.5 Å². The standard InChI is InChI=1S/C21H19FN2O3/c22-16-8-4-3-7-15(16)18-17(19(25)13-9-11-23-12-10-13)20(26)21(27)24(18)14-5-1-2-6-14/h3-4,7-12,14,18,25H,1-2,5-6H2/b19-17-. The number of halogens is 1. The average Bonchev–Trinajstić information content (AvgIpc) is 3.30. The third-order valence-corrected chi connectivity index (χ3v) is 5.35. The normalized spacial score (nSPS) is 22.6. The smallest absolute Gasteiger partial charge is 0.295 e. The highest BCUT2D eigenvalue weighted by molar-refractivity contribution is 6.46. The fourth-order valence-corrected chi connectivity index (χ4v) is 4.08. The van der Waals surface area contributed by atoms with Crippen LogP contribution in [0.15, 0.2) is 54.4 Å². The Morgan fingerprint density at radius 2 is 1.74 bits per heavy atom. The number of likely N-dealkylation sites (tertiary alicyclic amines) is 1. The number of nitrogens with zero attached hydrogens (tertiary/aromatic N) is 2. The first-order chi connectivity index (χ1) is 13.1. The van der Waals surface area contributed by atoms with Crippen LogP contribution in [0.4, 0.5) is 4.39 Å². The van der Waals surface area contributed by atoms with Gasteiger partial charge in [0.1, 0.15) is 11.6 Å². The van der Waals surface area contributed by atoms with Crippen molar-refractivity contribution in [2.45, 2.75) is 37.8 Å². The molecule has 1 atom stereocenters. The van der Waals surface area contributed by atoms with Gasteiger partial charge in [-0.2, -0.15) is 0 Å². The van der Waals surface area contributed by atoms with Crippen LogP contribution >= 0.6 is 0 Å². The van der Waals surface area contributed by atoms with Gasteiger partial charge in [0, 0.05) is 29.6 Å². The van der Waals surface area contributed by atoms with E-state index in [4.69, 9.17) is 0 Å². The van der Waals surface area contributed by atoms with E-state index >= 15 is 0 Å². The van der Waals surface area contributed by atoms with Crippen LogP contribution in [-0.2, 0) is 9.59 Å². The molecule has 0 bridgehead atoms. The molecule has 2 fully saturated rings. The Kier molecular flexibility index (Phi) is 4.48. The van der Waals surface area contributed by atoms with E-state index < -0.39 is 23.5 Å². The van der Waals surface area contributed by atoms with E-state index in [1.165, 1.54) is 23.4 Å². The summed E-state index contributed by atoms with van der Waals surface area (Å²) < 4.78 is 14.6. The van der Waals surface area contributed by atoms with E-state index in [9.17, 15) is 19.1 Å². The molecule has 1 aromatic carbocycles. The largest absolute Gasteiger partial charge is 0.507 e. The molecule has 6 heteroatoms. The minimum atomic E-state index is -0.928. The molecule has 1 unspecified atom stereocenters. The molecule has 2 heterocycles. The quantitative estimate of drug-likeness (QED) is 0.512. The SMILES string of the molecule is O=C1C(=O)N(C2CCCC2)C(c2ccccc2F)/C1=C(/O)c1ccncc1. The average molecular weight is 366 g/mol. The Balaban J connectivity index is 1.92. The fraction of sp³-hybridized carbons (Fsp3) is 0.286. The van der Waals surface area contributed by atoms with Gasteiger partial charge in [-0.05, 0) is 31.0 Å². The summed E-state index contributed by atoms with van der Waals surface area (Å²) in [4.78, 5) is 31.0. The third-order valence-electron chi connectivity index (χ3n) is 5.35. The third kappa shape index (κ3) is 2.91. The maximum absolute atomic E-state index is 14.6. The van der Waals surface area contributed by atoms with Crippen LogP contribution < -0.4 is 0 Å². The summed E-state index contributed by atoms with van der Waals surface area (Å²) in [7, 11) is 0. The minimum absolute atomic E-state index is 0.0665. The van der Waals surface area contributed by atoms with Crippen molar-refractivity contribution < 1.29 is 19.1 Å². The monoisotopic (exact) mass is 366 g/mol. The predicted octanol–water partition coefficient (Wildman–Crippen LogP) is 3.59. The van der Waals surface area contributed by atoms with E-state index in [0.717, 1.165) is 25.7 Å². The van der Waals surface area contributed by atoms with E-state index in [1.54, 1.807) is 30.3 Å². The number of hydrogen-bond acceptors (Lipinski definition) is 4. The molecule has 1 N–H and O–H groups in total. The molecule has 2 aliphatic rings. The molecule has 1 saturated heterocycles. The van der Waals surface area contributed by atoms with Crippen LogP contribution in [0.2, 0.25) is 0 Å². The molecule has 5 nitrogen and oxygen atoms in total. The number of aliphatic hydroxyl groups excluding tert-OH is 1. The van der Waals surface area contributed by atoms with Gasteiger partial charge in [-0.1, -0.05) is 31.0 Å². The second-order valence-electron chi connectivity index (χ2n) is 6.90. The Morgan fingerprint density at radius 3 is 2.41 bits per heavy atom. The number of carbonyl (C=O) groups excluding carboxylic acids is 2. The van der Waals surface area contributed by atoms with Gasteiger partial charge in [0.25, 0.3) is 11.7 Å². The van der Waals surface area contributed by atoms with Gasteiger partial charge in [0.2, 0.25) is 0 Å². The number of ketones is 1. The Morgan fingerprint density at radius 1 is 1.07 bits per heavy atom. The first kappa shape index (κ1) is 17.4. The van der Waals surface area contributed by atoms with Crippen molar-refractivity contribution in [3.8, 4) is 0 Å². The molecule has 2 aromatic rings. The van der Waals surface area contributed by atoms with Gasteiger partial charge in [-0.25, -0.2) is 4.39 Å². The highest BCUT2D eigenvalue weighted by atomic mass is 19.1. The molecule has 138 valence electrons. The van der Waals surface area contributed by atoms with Crippen molar-refractivity contribution in [3.05, 3.63) is 71.3 Å². The second kappa shape index (κ2) is 6.95. The number of hydrogen-bond donors (Lipinski definition) is 1. The summed E-state index contributed by atoms with van der Waals surface area (Å²) in [6.45, 7) is 0. The lowest BCUT2D eigenvalue weighted by atomic mass is 9.94. The number of carbonyl (C=O) groups is 2.